The number of nitrogens with two attached hydrogens (primary N) is 1. The fourth-order valence-electron chi connectivity index (χ4n) is 4.28. The number of carbonyl (C=O) groups excluding carboxylic acids is 2. The highest BCUT2D eigenvalue weighted by Crippen LogP contribution is 2.26. The van der Waals surface area contributed by atoms with E-state index in [1.807, 2.05) is 54.6 Å². The minimum atomic E-state index is -1.04. The number of Topliss-reactive ketones (excluding diaryl/α,β-unsaturated/α-hetero) is 1. The third kappa shape index (κ3) is 6.24. The number of nitrogens with one attached hydrogen (secondary N) is 1. The van der Waals surface area contributed by atoms with E-state index in [4.69, 9.17) is 5.73 Å². The number of rotatable bonds is 10. The zero-order valence-corrected chi connectivity index (χ0v) is 20.9. The molecule has 4 rings (SSSR count). The van der Waals surface area contributed by atoms with Crippen molar-refractivity contribution < 1.29 is 23.5 Å². The first-order chi connectivity index (χ1) is 18.2. The normalized spacial score (nSPS) is 11.7. The number of benzene rings is 4. The van der Waals surface area contributed by atoms with Crippen LogP contribution in [0.2, 0.25) is 0 Å². The third-order valence-corrected chi connectivity index (χ3v) is 6.56. The van der Waals surface area contributed by atoms with E-state index in [1.54, 1.807) is 25.1 Å². The van der Waals surface area contributed by atoms with Gasteiger partial charge in [0.15, 0.2) is 17.3 Å². The van der Waals surface area contributed by atoms with Crippen LogP contribution >= 0.6 is 0 Å². The number of aryl methyl sites for hydroxylation is 1. The van der Waals surface area contributed by atoms with Crippen LogP contribution in [-0.4, -0.2) is 16.8 Å². The maximum absolute atomic E-state index is 14.2. The molecule has 4 aromatic carbocycles. The van der Waals surface area contributed by atoms with E-state index in [9.17, 15) is 23.5 Å². The number of carbonyl (C=O) groups is 2. The Labute approximate surface area is 219 Å². The number of hydrogen-bond donors (Lipinski definition) is 3. The Bertz CT molecular complexity index is 1450. The van der Waals surface area contributed by atoms with Crippen LogP contribution in [-0.2, 0) is 17.8 Å². The zero-order chi connectivity index (χ0) is 27.2. The number of primary amides is 1. The van der Waals surface area contributed by atoms with Gasteiger partial charge in [0, 0.05) is 35.7 Å². The average molecular weight is 515 g/mol. The minimum Gasteiger partial charge on any atom is -0.505 e. The quantitative estimate of drug-likeness (QED) is 0.221. The molecule has 0 saturated heterocycles. The summed E-state index contributed by atoms with van der Waals surface area (Å²) in [6.07, 6.45) is 0.247. The standard InChI is InChI=1S/C31H28F2N2O3/c1-19-7-10-23(16-27(19)35-18-25-26(32)13-14-28(36)30(25)33)29(37)17-24(31(34)38)15-20-8-11-22(12-9-20)21-5-3-2-4-6-21/h2-14,16,24,35-36H,15,17-18H2,1H3,(H2,34,38)/t24-/m1/s1. The summed E-state index contributed by atoms with van der Waals surface area (Å²) in [5.74, 6) is -4.00. The molecule has 0 aliphatic heterocycles. The molecule has 7 heteroatoms. The molecular formula is C31H28F2N2O3. The number of amides is 1. The van der Waals surface area contributed by atoms with Gasteiger partial charge < -0.3 is 16.2 Å². The van der Waals surface area contributed by atoms with Gasteiger partial charge in [0.2, 0.25) is 5.91 Å². The molecule has 0 aliphatic carbocycles. The summed E-state index contributed by atoms with van der Waals surface area (Å²) in [6, 6.07) is 24.6. The van der Waals surface area contributed by atoms with E-state index in [2.05, 4.69) is 5.32 Å². The van der Waals surface area contributed by atoms with Gasteiger partial charge in [0.05, 0.1) is 0 Å². The van der Waals surface area contributed by atoms with Crippen LogP contribution in [0.15, 0.2) is 84.9 Å². The summed E-state index contributed by atoms with van der Waals surface area (Å²) in [5, 5.41) is 12.5. The Balaban J connectivity index is 1.45. The van der Waals surface area contributed by atoms with Gasteiger partial charge in [0.25, 0.3) is 0 Å². The SMILES string of the molecule is Cc1ccc(C(=O)C[C@@H](Cc2ccc(-c3ccccc3)cc2)C(N)=O)cc1NCc1c(F)ccc(O)c1F. The number of anilines is 1. The van der Waals surface area contributed by atoms with Gasteiger partial charge in [-0.1, -0.05) is 66.7 Å². The van der Waals surface area contributed by atoms with Crippen LogP contribution in [0, 0.1) is 24.5 Å². The first-order valence-corrected chi connectivity index (χ1v) is 12.2. The minimum absolute atomic E-state index is 0.0753. The topological polar surface area (TPSA) is 92.4 Å². The van der Waals surface area contributed by atoms with Crippen LogP contribution in [0.5, 0.6) is 5.75 Å². The Kier molecular flexibility index (Phi) is 8.16. The van der Waals surface area contributed by atoms with Gasteiger partial charge in [-0.25, -0.2) is 8.78 Å². The summed E-state index contributed by atoms with van der Waals surface area (Å²) < 4.78 is 28.2. The number of halogens is 2. The third-order valence-electron chi connectivity index (χ3n) is 6.56. The van der Waals surface area contributed by atoms with Gasteiger partial charge in [-0.2, -0.15) is 0 Å². The maximum Gasteiger partial charge on any atom is 0.221 e. The van der Waals surface area contributed by atoms with Crippen molar-refractivity contribution in [2.24, 2.45) is 11.7 Å². The predicted molar refractivity (Wildman–Crippen MR) is 144 cm³/mol. The highest BCUT2D eigenvalue weighted by atomic mass is 19.1. The predicted octanol–water partition coefficient (Wildman–Crippen LogP) is 6.17. The number of phenolic OH excluding ortho intramolecular Hbond substituents is 1. The summed E-state index contributed by atoms with van der Waals surface area (Å²) >= 11 is 0. The molecule has 5 nitrogen and oxygen atoms in total. The molecule has 0 radical (unpaired) electrons. The van der Waals surface area contributed by atoms with E-state index in [0.29, 0.717) is 17.7 Å². The highest BCUT2D eigenvalue weighted by Gasteiger charge is 2.22. The van der Waals surface area contributed by atoms with E-state index in [0.717, 1.165) is 34.4 Å². The lowest BCUT2D eigenvalue weighted by molar-refractivity contribution is -0.121. The Morgan fingerprint density at radius 3 is 2.29 bits per heavy atom. The summed E-state index contributed by atoms with van der Waals surface area (Å²) in [7, 11) is 0. The zero-order valence-electron chi connectivity index (χ0n) is 20.9. The summed E-state index contributed by atoms with van der Waals surface area (Å²) in [4.78, 5) is 25.3. The second-order valence-corrected chi connectivity index (χ2v) is 9.24. The van der Waals surface area contributed by atoms with Crippen molar-refractivity contribution in [3.8, 4) is 16.9 Å². The van der Waals surface area contributed by atoms with E-state index < -0.39 is 29.2 Å². The van der Waals surface area contributed by atoms with Gasteiger partial charge in [-0.15, -0.1) is 0 Å². The largest absolute Gasteiger partial charge is 0.505 e. The molecule has 1 amide bonds. The Morgan fingerprint density at radius 1 is 0.921 bits per heavy atom. The van der Waals surface area contributed by atoms with Gasteiger partial charge >= 0.3 is 0 Å². The molecule has 0 bridgehead atoms. The van der Waals surface area contributed by atoms with Crippen LogP contribution in [0.3, 0.4) is 0 Å². The fourth-order valence-corrected chi connectivity index (χ4v) is 4.28. The van der Waals surface area contributed by atoms with Crippen molar-refractivity contribution >= 4 is 17.4 Å². The van der Waals surface area contributed by atoms with Crippen molar-refractivity contribution in [3.05, 3.63) is 119 Å². The maximum atomic E-state index is 14.2. The second kappa shape index (κ2) is 11.7. The lowest BCUT2D eigenvalue weighted by Gasteiger charge is -2.15. The first kappa shape index (κ1) is 26.5. The molecule has 38 heavy (non-hydrogen) atoms. The summed E-state index contributed by atoms with van der Waals surface area (Å²) in [6.45, 7) is 1.56. The molecule has 0 fully saturated rings. The molecule has 194 valence electrons. The number of ketones is 1. The molecule has 0 unspecified atom stereocenters. The van der Waals surface area contributed by atoms with Crippen molar-refractivity contribution in [1.82, 2.24) is 0 Å². The van der Waals surface area contributed by atoms with Crippen LogP contribution in [0.1, 0.15) is 33.5 Å². The molecule has 0 aliphatic rings. The first-order valence-electron chi connectivity index (χ1n) is 12.2. The number of aromatic hydroxyl groups is 1. The molecule has 0 heterocycles. The van der Waals surface area contributed by atoms with Crippen LogP contribution < -0.4 is 11.1 Å². The molecule has 0 aromatic heterocycles. The Hall–Kier alpha value is -4.52. The molecule has 4 N–H and O–H groups in total. The number of phenols is 1. The van der Waals surface area contributed by atoms with Crippen LogP contribution in [0.4, 0.5) is 14.5 Å². The number of hydrogen-bond acceptors (Lipinski definition) is 4. The molecule has 1 atom stereocenters. The smallest absolute Gasteiger partial charge is 0.221 e. The van der Waals surface area contributed by atoms with Crippen molar-refractivity contribution in [2.75, 3.05) is 5.32 Å². The second-order valence-electron chi connectivity index (χ2n) is 9.24. The average Bonchev–Trinajstić information content (AvgIpc) is 2.92. The van der Waals surface area contributed by atoms with Crippen molar-refractivity contribution in [3.63, 3.8) is 0 Å². The molecule has 0 spiro atoms. The molecule has 4 aromatic rings. The van der Waals surface area contributed by atoms with Crippen molar-refractivity contribution in [1.29, 1.82) is 0 Å². The lowest BCUT2D eigenvalue weighted by atomic mass is 9.90. The van der Waals surface area contributed by atoms with Gasteiger partial charge in [-0.05, 0) is 53.8 Å². The van der Waals surface area contributed by atoms with Gasteiger partial charge in [-0.3, -0.25) is 9.59 Å². The molecular weight excluding hydrogens is 486 g/mol. The van der Waals surface area contributed by atoms with Crippen molar-refractivity contribution in [2.45, 2.75) is 26.3 Å². The lowest BCUT2D eigenvalue weighted by Crippen LogP contribution is -2.27. The fraction of sp³-hybridized carbons (Fsp3) is 0.161. The highest BCUT2D eigenvalue weighted by molar-refractivity contribution is 5.99. The van der Waals surface area contributed by atoms with E-state index in [1.165, 1.54) is 0 Å². The molecule has 0 saturated carbocycles. The Morgan fingerprint density at radius 2 is 1.61 bits per heavy atom. The van der Waals surface area contributed by atoms with Gasteiger partial charge in [0.1, 0.15) is 5.82 Å². The summed E-state index contributed by atoms with van der Waals surface area (Å²) in [5.41, 5.74) is 9.96. The van der Waals surface area contributed by atoms with E-state index in [-0.39, 0.29) is 24.3 Å². The monoisotopic (exact) mass is 514 g/mol. The van der Waals surface area contributed by atoms with Crippen LogP contribution in [0.25, 0.3) is 11.1 Å². The van der Waals surface area contributed by atoms with E-state index >= 15 is 0 Å².